The van der Waals surface area contributed by atoms with Gasteiger partial charge in [-0.2, -0.15) is 0 Å². The van der Waals surface area contributed by atoms with Crippen molar-refractivity contribution in [3.05, 3.63) is 24.3 Å². The Kier molecular flexibility index (Phi) is 5.35. The largest absolute Gasteiger partial charge is 0.491 e. The van der Waals surface area contributed by atoms with Crippen molar-refractivity contribution in [1.82, 2.24) is 0 Å². The number of nitrogens with zero attached hydrogens (tertiary/aromatic N) is 1. The number of rotatable bonds is 5. The van der Waals surface area contributed by atoms with Gasteiger partial charge in [0.15, 0.2) is 5.17 Å². The van der Waals surface area contributed by atoms with E-state index in [0.717, 1.165) is 29.6 Å². The van der Waals surface area contributed by atoms with Crippen LogP contribution in [0.5, 0.6) is 5.75 Å². The summed E-state index contributed by atoms with van der Waals surface area (Å²) in [6, 6.07) is 8.10. The molecule has 2 atom stereocenters. The van der Waals surface area contributed by atoms with Gasteiger partial charge in [0.1, 0.15) is 5.75 Å². The van der Waals surface area contributed by atoms with Crippen molar-refractivity contribution < 1.29 is 4.74 Å². The zero-order chi connectivity index (χ0) is 14.5. The third kappa shape index (κ3) is 4.17. The Labute approximate surface area is 126 Å². The molecule has 2 rings (SSSR count). The highest BCUT2D eigenvalue weighted by atomic mass is 32.2. The zero-order valence-electron chi connectivity index (χ0n) is 12.7. The molecule has 1 N–H and O–H groups in total. The van der Waals surface area contributed by atoms with Gasteiger partial charge >= 0.3 is 0 Å². The Morgan fingerprint density at radius 3 is 2.85 bits per heavy atom. The maximum Gasteiger partial charge on any atom is 0.161 e. The first kappa shape index (κ1) is 15.2. The monoisotopic (exact) mass is 292 g/mol. The van der Waals surface area contributed by atoms with Crippen LogP contribution in [0.1, 0.15) is 34.1 Å². The highest BCUT2D eigenvalue weighted by Gasteiger charge is 2.22. The van der Waals surface area contributed by atoms with Gasteiger partial charge in [-0.15, -0.1) is 0 Å². The average molecular weight is 292 g/mol. The minimum absolute atomic E-state index is 0.244. The van der Waals surface area contributed by atoms with Crippen molar-refractivity contribution in [3.63, 3.8) is 0 Å². The van der Waals surface area contributed by atoms with Crippen LogP contribution < -0.4 is 10.1 Å². The lowest BCUT2D eigenvalue weighted by molar-refractivity contribution is 0.217. The van der Waals surface area contributed by atoms with Crippen LogP contribution in [0.25, 0.3) is 0 Å². The lowest BCUT2D eigenvalue weighted by Crippen LogP contribution is -2.13. The number of ether oxygens (including phenoxy) is 1. The molecule has 1 aliphatic heterocycles. The smallest absolute Gasteiger partial charge is 0.161 e. The summed E-state index contributed by atoms with van der Waals surface area (Å²) in [5.74, 6) is 1.57. The fraction of sp³-hybridized carbons (Fsp3) is 0.562. The lowest BCUT2D eigenvalue weighted by atomic mass is 10.1. The third-order valence-electron chi connectivity index (χ3n) is 3.42. The van der Waals surface area contributed by atoms with E-state index >= 15 is 0 Å². The van der Waals surface area contributed by atoms with Crippen LogP contribution in [0.2, 0.25) is 0 Å². The molecular weight excluding hydrogens is 268 g/mol. The normalized spacial score (nSPS) is 19.9. The lowest BCUT2D eigenvalue weighted by Gasteiger charge is -2.14. The van der Waals surface area contributed by atoms with E-state index in [1.54, 1.807) is 0 Å². The molecule has 1 heterocycles. The number of amidine groups is 1. The molecule has 4 heteroatoms. The van der Waals surface area contributed by atoms with E-state index in [-0.39, 0.29) is 6.10 Å². The Bertz CT molecular complexity index is 473. The second kappa shape index (κ2) is 7.02. The summed E-state index contributed by atoms with van der Waals surface area (Å²) < 4.78 is 5.84. The van der Waals surface area contributed by atoms with E-state index in [4.69, 9.17) is 4.74 Å². The van der Waals surface area contributed by atoms with Gasteiger partial charge in [0.2, 0.25) is 0 Å². The van der Waals surface area contributed by atoms with E-state index < -0.39 is 0 Å². The Morgan fingerprint density at radius 1 is 1.40 bits per heavy atom. The van der Waals surface area contributed by atoms with E-state index in [9.17, 15) is 0 Å². The number of hydrogen-bond donors (Lipinski definition) is 1. The average Bonchev–Trinajstić information content (AvgIpc) is 2.87. The Morgan fingerprint density at radius 2 is 2.20 bits per heavy atom. The summed E-state index contributed by atoms with van der Waals surface area (Å²) in [5, 5.41) is 5.00. The fourth-order valence-electron chi connectivity index (χ4n) is 1.89. The first-order valence-electron chi connectivity index (χ1n) is 7.33. The standard InChI is InChI=1S/C16H24N2OS/c1-5-12(4)19-14-8-6-7-13(9-14)18-16-17-10-15(20-16)11(2)3/h6-9,11-12,15H,5,10H2,1-4H3,(H,17,18). The minimum Gasteiger partial charge on any atom is -0.491 e. The molecule has 0 radical (unpaired) electrons. The van der Waals surface area contributed by atoms with Crippen molar-refractivity contribution in [3.8, 4) is 5.75 Å². The summed E-state index contributed by atoms with van der Waals surface area (Å²) in [6.07, 6.45) is 1.25. The molecular formula is C16H24N2OS. The molecule has 0 saturated heterocycles. The number of thioether (sulfide) groups is 1. The molecule has 1 aromatic rings. The van der Waals surface area contributed by atoms with Gasteiger partial charge in [-0.25, -0.2) is 0 Å². The molecule has 20 heavy (non-hydrogen) atoms. The van der Waals surface area contributed by atoms with E-state index in [2.05, 4.69) is 44.1 Å². The second-order valence-corrected chi connectivity index (χ2v) is 6.76. The number of hydrogen-bond acceptors (Lipinski definition) is 4. The summed E-state index contributed by atoms with van der Waals surface area (Å²) in [4.78, 5) is 4.57. The van der Waals surface area contributed by atoms with Crippen LogP contribution in [0.3, 0.4) is 0 Å². The summed E-state index contributed by atoms with van der Waals surface area (Å²) >= 11 is 1.84. The van der Waals surface area contributed by atoms with Gasteiger partial charge in [0, 0.05) is 17.0 Å². The van der Waals surface area contributed by atoms with Crippen molar-refractivity contribution >= 4 is 22.6 Å². The summed E-state index contributed by atoms with van der Waals surface area (Å²) in [7, 11) is 0. The van der Waals surface area contributed by atoms with Gasteiger partial charge in [-0.1, -0.05) is 38.6 Å². The minimum atomic E-state index is 0.244. The van der Waals surface area contributed by atoms with Crippen LogP contribution in [0.4, 0.5) is 5.69 Å². The van der Waals surface area contributed by atoms with Gasteiger partial charge in [-0.05, 0) is 31.4 Å². The molecule has 110 valence electrons. The van der Waals surface area contributed by atoms with Crippen LogP contribution >= 0.6 is 11.8 Å². The molecule has 0 bridgehead atoms. The molecule has 3 nitrogen and oxygen atoms in total. The van der Waals surface area contributed by atoms with Gasteiger partial charge in [0.05, 0.1) is 12.6 Å². The predicted octanol–water partition coefficient (Wildman–Crippen LogP) is 4.40. The molecule has 0 spiro atoms. The Hall–Kier alpha value is -1.16. The third-order valence-corrected chi connectivity index (χ3v) is 4.87. The molecule has 0 saturated carbocycles. The van der Waals surface area contributed by atoms with Crippen LogP contribution in [-0.4, -0.2) is 23.1 Å². The number of nitrogens with one attached hydrogen (secondary N) is 1. The summed E-state index contributed by atoms with van der Waals surface area (Å²) in [5.41, 5.74) is 1.04. The maximum atomic E-state index is 5.84. The quantitative estimate of drug-likeness (QED) is 0.873. The van der Waals surface area contributed by atoms with E-state index in [1.807, 2.05) is 30.0 Å². The second-order valence-electron chi connectivity index (χ2n) is 5.54. The molecule has 1 aromatic carbocycles. The number of aliphatic imine (C=N–C) groups is 1. The van der Waals surface area contributed by atoms with Crippen LogP contribution in [0, 0.1) is 5.92 Å². The SMILES string of the molecule is CCC(C)Oc1cccc(NC2=NCC(C(C)C)S2)c1. The highest BCUT2D eigenvalue weighted by Crippen LogP contribution is 2.28. The molecule has 0 amide bonds. The van der Waals surface area contributed by atoms with Gasteiger partial charge in [-0.3, -0.25) is 4.99 Å². The zero-order valence-corrected chi connectivity index (χ0v) is 13.5. The maximum absolute atomic E-state index is 5.84. The van der Waals surface area contributed by atoms with E-state index in [0.29, 0.717) is 11.2 Å². The molecule has 0 aromatic heterocycles. The predicted molar refractivity (Wildman–Crippen MR) is 89.0 cm³/mol. The first-order chi connectivity index (χ1) is 9.58. The van der Waals surface area contributed by atoms with Crippen LogP contribution in [0.15, 0.2) is 29.3 Å². The van der Waals surface area contributed by atoms with Gasteiger partial charge < -0.3 is 10.1 Å². The topological polar surface area (TPSA) is 33.6 Å². The number of benzene rings is 1. The molecule has 1 aliphatic rings. The highest BCUT2D eigenvalue weighted by molar-refractivity contribution is 8.15. The van der Waals surface area contributed by atoms with Crippen molar-refractivity contribution in [2.45, 2.75) is 45.5 Å². The number of anilines is 1. The van der Waals surface area contributed by atoms with Gasteiger partial charge in [0.25, 0.3) is 0 Å². The van der Waals surface area contributed by atoms with E-state index in [1.165, 1.54) is 0 Å². The summed E-state index contributed by atoms with van der Waals surface area (Å²) in [6.45, 7) is 9.62. The molecule has 0 fully saturated rings. The van der Waals surface area contributed by atoms with Crippen molar-refractivity contribution in [1.29, 1.82) is 0 Å². The first-order valence-corrected chi connectivity index (χ1v) is 8.21. The molecule has 0 aliphatic carbocycles. The van der Waals surface area contributed by atoms with Crippen LogP contribution in [-0.2, 0) is 0 Å². The van der Waals surface area contributed by atoms with Crippen molar-refractivity contribution in [2.24, 2.45) is 10.9 Å². The fourth-order valence-corrected chi connectivity index (χ4v) is 2.93. The Balaban J connectivity index is 1.95. The molecule has 2 unspecified atom stereocenters. The van der Waals surface area contributed by atoms with Crippen molar-refractivity contribution in [2.75, 3.05) is 11.9 Å².